The number of benzene rings is 1. The molecule has 0 radical (unpaired) electrons. The lowest BCUT2D eigenvalue weighted by Gasteiger charge is -2.34. The van der Waals surface area contributed by atoms with Crippen LogP contribution in [0.1, 0.15) is 44.0 Å². The number of esters is 1. The second-order valence-electron chi connectivity index (χ2n) is 5.56. The zero-order valence-corrected chi connectivity index (χ0v) is 11.9. The molecule has 0 saturated carbocycles. The Labute approximate surface area is 114 Å². The van der Waals surface area contributed by atoms with Gasteiger partial charge in [0.15, 0.2) is 0 Å². The molecule has 1 aliphatic heterocycles. The highest BCUT2D eigenvalue weighted by atomic mass is 16.5. The summed E-state index contributed by atoms with van der Waals surface area (Å²) in [6.07, 6.45) is 2.28. The summed E-state index contributed by atoms with van der Waals surface area (Å²) in [6.45, 7) is 7.57. The molecule has 104 valence electrons. The minimum atomic E-state index is -0.291. The minimum Gasteiger partial charge on any atom is -0.462 e. The molecule has 0 aromatic heterocycles. The number of hydrogen-bond acceptors (Lipinski definition) is 4. The Morgan fingerprint density at radius 1 is 1.47 bits per heavy atom. The first-order chi connectivity index (χ1) is 8.95. The van der Waals surface area contributed by atoms with Crippen molar-refractivity contribution in [2.75, 3.05) is 23.8 Å². The van der Waals surface area contributed by atoms with Crippen molar-refractivity contribution in [3.05, 3.63) is 23.8 Å². The van der Waals surface area contributed by atoms with Crippen LogP contribution in [0.15, 0.2) is 18.2 Å². The maximum atomic E-state index is 11.8. The number of anilines is 2. The SMILES string of the molecule is CCOC(=O)c1ccc(N)c(N2CCCC2(C)C)c1. The highest BCUT2D eigenvalue weighted by molar-refractivity contribution is 5.92. The van der Waals surface area contributed by atoms with Crippen LogP contribution in [0.5, 0.6) is 0 Å². The average molecular weight is 262 g/mol. The molecule has 4 heteroatoms. The van der Waals surface area contributed by atoms with Gasteiger partial charge in [0.1, 0.15) is 0 Å². The predicted molar refractivity (Wildman–Crippen MR) is 77.5 cm³/mol. The standard InChI is InChI=1S/C15H22N2O2/c1-4-19-14(18)11-6-7-12(16)13(10-11)17-9-5-8-15(17,2)3/h6-7,10H,4-5,8-9,16H2,1-3H3. The summed E-state index contributed by atoms with van der Waals surface area (Å²) < 4.78 is 5.04. The Kier molecular flexibility index (Phi) is 3.69. The maximum absolute atomic E-state index is 11.8. The van der Waals surface area contributed by atoms with Gasteiger partial charge in [-0.2, -0.15) is 0 Å². The fraction of sp³-hybridized carbons (Fsp3) is 0.533. The number of ether oxygens (including phenoxy) is 1. The normalized spacial score (nSPS) is 17.5. The number of carbonyl (C=O) groups excluding carboxylic acids is 1. The Morgan fingerprint density at radius 3 is 2.79 bits per heavy atom. The van der Waals surface area contributed by atoms with Crippen LogP contribution >= 0.6 is 0 Å². The summed E-state index contributed by atoms with van der Waals surface area (Å²) in [5, 5.41) is 0. The zero-order chi connectivity index (χ0) is 14.0. The number of nitrogens with zero attached hydrogens (tertiary/aromatic N) is 1. The molecular weight excluding hydrogens is 240 g/mol. The number of rotatable bonds is 3. The van der Waals surface area contributed by atoms with Gasteiger partial charge in [-0.1, -0.05) is 0 Å². The molecule has 0 unspecified atom stereocenters. The summed E-state index contributed by atoms with van der Waals surface area (Å²) in [5.41, 5.74) is 8.37. The molecule has 1 aromatic carbocycles. The molecule has 0 spiro atoms. The number of carbonyl (C=O) groups is 1. The van der Waals surface area contributed by atoms with Gasteiger partial charge in [-0.15, -0.1) is 0 Å². The van der Waals surface area contributed by atoms with Crippen LogP contribution < -0.4 is 10.6 Å². The van der Waals surface area contributed by atoms with Gasteiger partial charge in [-0.3, -0.25) is 0 Å². The third-order valence-corrected chi connectivity index (χ3v) is 3.73. The number of nitrogens with two attached hydrogens (primary N) is 1. The summed E-state index contributed by atoms with van der Waals surface area (Å²) in [6, 6.07) is 5.36. The molecule has 1 fully saturated rings. The Bertz CT molecular complexity index is 483. The molecule has 19 heavy (non-hydrogen) atoms. The van der Waals surface area contributed by atoms with Gasteiger partial charge in [0.2, 0.25) is 0 Å². The molecule has 2 N–H and O–H groups in total. The third-order valence-electron chi connectivity index (χ3n) is 3.73. The summed E-state index contributed by atoms with van der Waals surface area (Å²) in [7, 11) is 0. The molecule has 0 bridgehead atoms. The minimum absolute atomic E-state index is 0.0847. The van der Waals surface area contributed by atoms with Crippen molar-refractivity contribution >= 4 is 17.3 Å². The molecule has 4 nitrogen and oxygen atoms in total. The van der Waals surface area contributed by atoms with Crippen molar-refractivity contribution in [3.8, 4) is 0 Å². The lowest BCUT2D eigenvalue weighted by Crippen LogP contribution is -2.38. The molecule has 0 aliphatic carbocycles. The van der Waals surface area contributed by atoms with Gasteiger partial charge in [-0.25, -0.2) is 4.79 Å². The molecule has 2 rings (SSSR count). The first-order valence-electron chi connectivity index (χ1n) is 6.80. The molecule has 1 heterocycles. The van der Waals surface area contributed by atoms with E-state index in [9.17, 15) is 4.79 Å². The highest BCUT2D eigenvalue weighted by Crippen LogP contribution is 2.37. The molecule has 1 aromatic rings. The van der Waals surface area contributed by atoms with Crippen molar-refractivity contribution in [2.45, 2.75) is 39.2 Å². The summed E-state index contributed by atoms with van der Waals surface area (Å²) >= 11 is 0. The van der Waals surface area contributed by atoms with Gasteiger partial charge in [0, 0.05) is 12.1 Å². The lowest BCUT2D eigenvalue weighted by molar-refractivity contribution is 0.0526. The molecule has 1 aliphatic rings. The van der Waals surface area contributed by atoms with E-state index in [2.05, 4.69) is 18.7 Å². The monoisotopic (exact) mass is 262 g/mol. The maximum Gasteiger partial charge on any atom is 0.338 e. The first-order valence-corrected chi connectivity index (χ1v) is 6.80. The molecule has 1 saturated heterocycles. The van der Waals surface area contributed by atoms with E-state index < -0.39 is 0 Å². The second-order valence-corrected chi connectivity index (χ2v) is 5.56. The first kappa shape index (κ1) is 13.7. The van der Waals surface area contributed by atoms with Gasteiger partial charge < -0.3 is 15.4 Å². The highest BCUT2D eigenvalue weighted by Gasteiger charge is 2.33. The fourth-order valence-corrected chi connectivity index (χ4v) is 2.67. The second kappa shape index (κ2) is 5.11. The van der Waals surface area contributed by atoms with Crippen molar-refractivity contribution in [1.29, 1.82) is 0 Å². The number of nitrogen functional groups attached to an aromatic ring is 1. The Hall–Kier alpha value is -1.71. The largest absolute Gasteiger partial charge is 0.462 e. The molecular formula is C15H22N2O2. The van der Waals surface area contributed by atoms with Crippen LogP contribution in [0.3, 0.4) is 0 Å². The van der Waals surface area contributed by atoms with E-state index in [0.717, 1.165) is 25.1 Å². The quantitative estimate of drug-likeness (QED) is 0.672. The summed E-state index contributed by atoms with van der Waals surface area (Å²) in [5.74, 6) is -0.291. The topological polar surface area (TPSA) is 55.6 Å². The third kappa shape index (κ3) is 2.67. The number of hydrogen-bond donors (Lipinski definition) is 1. The molecule has 0 amide bonds. The van der Waals surface area contributed by atoms with Crippen LogP contribution in [0.25, 0.3) is 0 Å². The van der Waals surface area contributed by atoms with Gasteiger partial charge in [0.25, 0.3) is 0 Å². The Balaban J connectivity index is 2.35. The van der Waals surface area contributed by atoms with Crippen LogP contribution in [-0.4, -0.2) is 24.7 Å². The predicted octanol–water partition coefficient (Wildman–Crippen LogP) is 2.82. The van der Waals surface area contributed by atoms with Crippen LogP contribution in [0.2, 0.25) is 0 Å². The van der Waals surface area contributed by atoms with Crippen LogP contribution in [0.4, 0.5) is 11.4 Å². The fourth-order valence-electron chi connectivity index (χ4n) is 2.67. The smallest absolute Gasteiger partial charge is 0.338 e. The average Bonchev–Trinajstić information content (AvgIpc) is 2.70. The van der Waals surface area contributed by atoms with Gasteiger partial charge in [0.05, 0.1) is 23.5 Å². The van der Waals surface area contributed by atoms with E-state index >= 15 is 0 Å². The van der Waals surface area contributed by atoms with E-state index in [0.29, 0.717) is 17.9 Å². The van der Waals surface area contributed by atoms with E-state index in [4.69, 9.17) is 10.5 Å². The molecule has 0 atom stereocenters. The summed E-state index contributed by atoms with van der Waals surface area (Å²) in [4.78, 5) is 14.1. The van der Waals surface area contributed by atoms with E-state index in [1.165, 1.54) is 0 Å². The van der Waals surface area contributed by atoms with Crippen molar-refractivity contribution in [3.63, 3.8) is 0 Å². The van der Waals surface area contributed by atoms with Gasteiger partial charge >= 0.3 is 5.97 Å². The lowest BCUT2D eigenvalue weighted by atomic mass is 10.0. The van der Waals surface area contributed by atoms with Gasteiger partial charge in [-0.05, 0) is 51.8 Å². The van der Waals surface area contributed by atoms with E-state index in [1.807, 2.05) is 6.07 Å². The van der Waals surface area contributed by atoms with E-state index in [-0.39, 0.29) is 11.5 Å². The zero-order valence-electron chi connectivity index (χ0n) is 11.9. The Morgan fingerprint density at radius 2 is 2.21 bits per heavy atom. The van der Waals surface area contributed by atoms with Crippen LogP contribution in [0, 0.1) is 0 Å². The van der Waals surface area contributed by atoms with Crippen molar-refractivity contribution in [2.24, 2.45) is 0 Å². The van der Waals surface area contributed by atoms with E-state index in [1.54, 1.807) is 19.1 Å². The van der Waals surface area contributed by atoms with Crippen molar-refractivity contribution in [1.82, 2.24) is 0 Å². The van der Waals surface area contributed by atoms with Crippen molar-refractivity contribution < 1.29 is 9.53 Å². The van der Waals surface area contributed by atoms with Crippen LogP contribution in [-0.2, 0) is 4.74 Å².